The second-order valence-electron chi connectivity index (χ2n) is 3.55. The van der Waals surface area contributed by atoms with Gasteiger partial charge in [0.2, 0.25) is 0 Å². The summed E-state index contributed by atoms with van der Waals surface area (Å²) < 4.78 is 5.46. The Labute approximate surface area is 98.5 Å². The lowest BCUT2D eigenvalue weighted by Gasteiger charge is -2.05. The van der Waals surface area contributed by atoms with Crippen LogP contribution >= 0.6 is 0 Å². The smallest absolute Gasteiger partial charge is 0.258 e. The Morgan fingerprint density at radius 2 is 2.18 bits per heavy atom. The lowest BCUT2D eigenvalue weighted by Crippen LogP contribution is -2.08. The van der Waals surface area contributed by atoms with Crippen molar-refractivity contribution >= 4 is 0 Å². The predicted molar refractivity (Wildman–Crippen MR) is 63.9 cm³/mol. The van der Waals surface area contributed by atoms with Crippen LogP contribution in [0, 0.1) is 0 Å². The van der Waals surface area contributed by atoms with Crippen molar-refractivity contribution in [3.63, 3.8) is 0 Å². The standard InChI is InChI=1S/C12H13N3O2/c1-2-3-17-10-4-9(5-13-6-10)11-7-14-8-15-12(11)16/h4-8H,2-3H2,1H3,(H,14,15,16). The first-order chi connectivity index (χ1) is 8.31. The van der Waals surface area contributed by atoms with Gasteiger partial charge in [0.1, 0.15) is 5.75 Å². The average molecular weight is 231 g/mol. The molecule has 0 bridgehead atoms. The Morgan fingerprint density at radius 3 is 2.94 bits per heavy atom. The Balaban J connectivity index is 2.33. The van der Waals surface area contributed by atoms with Gasteiger partial charge in [0.05, 0.1) is 24.7 Å². The third kappa shape index (κ3) is 2.69. The van der Waals surface area contributed by atoms with Gasteiger partial charge in [-0.25, -0.2) is 4.98 Å². The summed E-state index contributed by atoms with van der Waals surface area (Å²) in [6.45, 7) is 2.66. The maximum atomic E-state index is 11.6. The molecule has 0 saturated carbocycles. The SMILES string of the molecule is CCCOc1cncc(-c2cnc[nH]c2=O)c1. The minimum absolute atomic E-state index is 0.186. The van der Waals surface area contributed by atoms with E-state index < -0.39 is 0 Å². The van der Waals surface area contributed by atoms with Crippen molar-refractivity contribution < 1.29 is 4.74 Å². The van der Waals surface area contributed by atoms with E-state index in [1.807, 2.05) is 6.92 Å². The highest BCUT2D eigenvalue weighted by atomic mass is 16.5. The molecule has 0 aromatic carbocycles. The van der Waals surface area contributed by atoms with Crippen molar-refractivity contribution in [2.45, 2.75) is 13.3 Å². The summed E-state index contributed by atoms with van der Waals surface area (Å²) in [6, 6.07) is 1.79. The summed E-state index contributed by atoms with van der Waals surface area (Å²) in [5, 5.41) is 0. The molecule has 2 aromatic heterocycles. The molecule has 0 spiro atoms. The number of H-pyrrole nitrogens is 1. The van der Waals surface area contributed by atoms with E-state index in [4.69, 9.17) is 4.74 Å². The third-order valence-corrected chi connectivity index (χ3v) is 2.22. The molecule has 2 rings (SSSR count). The summed E-state index contributed by atoms with van der Waals surface area (Å²) in [4.78, 5) is 22.0. The molecule has 88 valence electrons. The molecule has 0 aliphatic carbocycles. The van der Waals surface area contributed by atoms with Gasteiger partial charge >= 0.3 is 0 Å². The number of nitrogens with one attached hydrogen (secondary N) is 1. The van der Waals surface area contributed by atoms with E-state index in [1.165, 1.54) is 12.5 Å². The largest absolute Gasteiger partial charge is 0.492 e. The molecule has 0 atom stereocenters. The monoisotopic (exact) mass is 231 g/mol. The molecule has 0 amide bonds. The highest BCUT2D eigenvalue weighted by Crippen LogP contribution is 2.18. The maximum absolute atomic E-state index is 11.6. The topological polar surface area (TPSA) is 67.9 Å². The van der Waals surface area contributed by atoms with Crippen LogP contribution in [0.15, 0.2) is 35.8 Å². The number of hydrogen-bond donors (Lipinski definition) is 1. The van der Waals surface area contributed by atoms with Crippen LogP contribution in [0.3, 0.4) is 0 Å². The van der Waals surface area contributed by atoms with Crippen LogP contribution in [-0.4, -0.2) is 21.6 Å². The Kier molecular flexibility index (Phi) is 3.49. The van der Waals surface area contributed by atoms with E-state index in [1.54, 1.807) is 18.5 Å². The van der Waals surface area contributed by atoms with Gasteiger partial charge in [-0.15, -0.1) is 0 Å². The van der Waals surface area contributed by atoms with Crippen LogP contribution in [0.5, 0.6) is 5.75 Å². The molecule has 0 fully saturated rings. The average Bonchev–Trinajstić information content (AvgIpc) is 2.37. The summed E-state index contributed by atoms with van der Waals surface area (Å²) in [7, 11) is 0. The molecule has 0 saturated heterocycles. The molecular weight excluding hydrogens is 218 g/mol. The Bertz CT molecular complexity index is 551. The number of aromatic nitrogens is 3. The number of ether oxygens (including phenoxy) is 1. The second-order valence-corrected chi connectivity index (χ2v) is 3.55. The van der Waals surface area contributed by atoms with Crippen molar-refractivity contribution in [2.75, 3.05) is 6.61 Å². The van der Waals surface area contributed by atoms with Gasteiger partial charge in [0.25, 0.3) is 5.56 Å². The van der Waals surface area contributed by atoms with E-state index in [9.17, 15) is 4.79 Å². The molecule has 0 unspecified atom stereocenters. The zero-order valence-electron chi connectivity index (χ0n) is 9.51. The van der Waals surface area contributed by atoms with Crippen molar-refractivity contribution in [3.8, 4) is 16.9 Å². The van der Waals surface area contributed by atoms with E-state index >= 15 is 0 Å². The molecule has 0 aliphatic rings. The van der Waals surface area contributed by atoms with Gasteiger partial charge < -0.3 is 9.72 Å². The predicted octanol–water partition coefficient (Wildman–Crippen LogP) is 1.62. The number of pyridine rings is 1. The quantitative estimate of drug-likeness (QED) is 0.868. The fourth-order valence-corrected chi connectivity index (χ4v) is 1.41. The highest BCUT2D eigenvalue weighted by Gasteiger charge is 2.04. The number of rotatable bonds is 4. The first-order valence-corrected chi connectivity index (χ1v) is 5.42. The highest BCUT2D eigenvalue weighted by molar-refractivity contribution is 5.61. The minimum Gasteiger partial charge on any atom is -0.492 e. The van der Waals surface area contributed by atoms with Crippen LogP contribution in [0.2, 0.25) is 0 Å². The molecule has 5 heteroatoms. The second kappa shape index (κ2) is 5.25. The van der Waals surface area contributed by atoms with Crippen LogP contribution in [0.1, 0.15) is 13.3 Å². The molecule has 1 N–H and O–H groups in total. The number of aromatic amines is 1. The molecule has 5 nitrogen and oxygen atoms in total. The lowest BCUT2D eigenvalue weighted by molar-refractivity contribution is 0.316. The number of nitrogens with zero attached hydrogens (tertiary/aromatic N) is 2. The maximum Gasteiger partial charge on any atom is 0.258 e. The van der Waals surface area contributed by atoms with Gasteiger partial charge in [0.15, 0.2) is 0 Å². The van der Waals surface area contributed by atoms with Gasteiger partial charge in [0, 0.05) is 18.0 Å². The third-order valence-electron chi connectivity index (χ3n) is 2.22. The molecule has 17 heavy (non-hydrogen) atoms. The fourth-order valence-electron chi connectivity index (χ4n) is 1.41. The van der Waals surface area contributed by atoms with Crippen LogP contribution < -0.4 is 10.3 Å². The fraction of sp³-hybridized carbons (Fsp3) is 0.250. The number of hydrogen-bond acceptors (Lipinski definition) is 4. The summed E-state index contributed by atoms with van der Waals surface area (Å²) in [5.74, 6) is 0.660. The van der Waals surface area contributed by atoms with Gasteiger partial charge in [-0.3, -0.25) is 9.78 Å². The van der Waals surface area contributed by atoms with E-state index in [0.29, 0.717) is 23.5 Å². The van der Waals surface area contributed by atoms with Crippen LogP contribution in [-0.2, 0) is 0 Å². The van der Waals surface area contributed by atoms with Gasteiger partial charge in [-0.05, 0) is 12.5 Å². The first-order valence-electron chi connectivity index (χ1n) is 5.42. The zero-order chi connectivity index (χ0) is 12.1. The van der Waals surface area contributed by atoms with E-state index in [2.05, 4.69) is 15.0 Å². The Hall–Kier alpha value is -2.17. The zero-order valence-corrected chi connectivity index (χ0v) is 9.51. The minimum atomic E-state index is -0.186. The normalized spacial score (nSPS) is 10.2. The molecule has 0 radical (unpaired) electrons. The van der Waals surface area contributed by atoms with Gasteiger partial charge in [-0.2, -0.15) is 0 Å². The summed E-state index contributed by atoms with van der Waals surface area (Å²) in [5.41, 5.74) is 1.00. The molecule has 0 aliphatic heterocycles. The van der Waals surface area contributed by atoms with Crippen molar-refractivity contribution in [1.82, 2.24) is 15.0 Å². The van der Waals surface area contributed by atoms with Crippen LogP contribution in [0.4, 0.5) is 0 Å². The summed E-state index contributed by atoms with van der Waals surface area (Å²) in [6.07, 6.45) is 7.04. The molecule has 2 aromatic rings. The van der Waals surface area contributed by atoms with Crippen molar-refractivity contribution in [1.29, 1.82) is 0 Å². The van der Waals surface area contributed by atoms with Crippen molar-refractivity contribution in [2.24, 2.45) is 0 Å². The molecule has 2 heterocycles. The van der Waals surface area contributed by atoms with Crippen LogP contribution in [0.25, 0.3) is 11.1 Å². The summed E-state index contributed by atoms with van der Waals surface area (Å²) >= 11 is 0. The first kappa shape index (κ1) is 11.3. The molecular formula is C12H13N3O2. The van der Waals surface area contributed by atoms with Gasteiger partial charge in [-0.1, -0.05) is 6.92 Å². The lowest BCUT2D eigenvalue weighted by atomic mass is 10.1. The Morgan fingerprint density at radius 1 is 1.29 bits per heavy atom. The van der Waals surface area contributed by atoms with E-state index in [-0.39, 0.29) is 5.56 Å². The van der Waals surface area contributed by atoms with E-state index in [0.717, 1.165) is 6.42 Å². The van der Waals surface area contributed by atoms with Crippen molar-refractivity contribution in [3.05, 3.63) is 41.3 Å².